The first-order valence-electron chi connectivity index (χ1n) is 20.8. The first kappa shape index (κ1) is 48.5. The van der Waals surface area contributed by atoms with Gasteiger partial charge in [-0.2, -0.15) is 0 Å². The summed E-state index contributed by atoms with van der Waals surface area (Å²) in [6, 6.07) is 0. The van der Waals surface area contributed by atoms with Crippen molar-refractivity contribution in [1.29, 1.82) is 0 Å². The minimum absolute atomic E-state index is 0.0906. The highest BCUT2D eigenvalue weighted by molar-refractivity contribution is 7.47. The van der Waals surface area contributed by atoms with Crippen LogP contribution in [0.3, 0.4) is 0 Å². The number of phosphoric ester groups is 1. The Labute approximate surface area is 303 Å². The highest BCUT2D eigenvalue weighted by Gasteiger charge is 2.44. The number of phosphoric acid groups is 1. The van der Waals surface area contributed by atoms with E-state index in [0.29, 0.717) is 12.8 Å². The summed E-state index contributed by atoms with van der Waals surface area (Å²) in [4.78, 5) is 10.4. The maximum absolute atomic E-state index is 12.8. The van der Waals surface area contributed by atoms with Crippen LogP contribution in [-0.2, 0) is 13.6 Å². The summed E-state index contributed by atoms with van der Waals surface area (Å²) in [5, 5.41) is 20.8. The summed E-state index contributed by atoms with van der Waals surface area (Å²) >= 11 is 0. The first-order valence-corrected chi connectivity index (χ1v) is 22.3. The molecule has 0 aromatic rings. The first-order chi connectivity index (χ1) is 23.9. The Morgan fingerprint density at radius 3 is 1.24 bits per heavy atom. The second kappa shape index (κ2) is 35.9. The monoisotopic (exact) mass is 716 g/mol. The van der Waals surface area contributed by atoms with E-state index in [1.165, 1.54) is 116 Å². The standard InChI is InChI=1S/C41H82NO6P/c1-3-5-7-9-11-13-15-17-19-21-23-25-27-29-31-33-35-41(40(44)39-43,48-49(45,46)47-38-37-42)36-34-32-30-28-26-24-22-20-18-16-14-12-10-8-6-4-2/h17-20,40,43-44H,3-16,21-39,42H2,1-2H3,(H,45,46)/b19-17-,20-18-/t40-/m0/s1. The molecule has 0 aliphatic heterocycles. The number of aliphatic hydroxyl groups is 2. The number of nitrogens with two attached hydrogens (primary N) is 1. The van der Waals surface area contributed by atoms with Crippen LogP contribution in [-0.4, -0.2) is 46.6 Å². The van der Waals surface area contributed by atoms with Crippen molar-refractivity contribution in [2.45, 2.75) is 218 Å². The molecule has 0 aromatic heterocycles. The van der Waals surface area contributed by atoms with E-state index in [2.05, 4.69) is 38.2 Å². The Hall–Kier alpha value is -0.530. The number of rotatable bonds is 39. The Bertz CT molecular complexity index is 750. The summed E-state index contributed by atoms with van der Waals surface area (Å²) < 4.78 is 23.6. The quantitative estimate of drug-likeness (QED) is 0.0284. The van der Waals surface area contributed by atoms with Crippen molar-refractivity contribution in [3.8, 4) is 0 Å². The van der Waals surface area contributed by atoms with Gasteiger partial charge in [-0.15, -0.1) is 0 Å². The molecule has 5 N–H and O–H groups in total. The summed E-state index contributed by atoms with van der Waals surface area (Å²) in [5.74, 6) is 0. The fourth-order valence-electron chi connectivity index (χ4n) is 6.54. The van der Waals surface area contributed by atoms with Gasteiger partial charge in [0, 0.05) is 6.54 Å². The summed E-state index contributed by atoms with van der Waals surface area (Å²) in [7, 11) is -4.44. The fourth-order valence-corrected chi connectivity index (χ4v) is 7.70. The molecule has 0 radical (unpaired) electrons. The average Bonchev–Trinajstić information content (AvgIpc) is 3.09. The van der Waals surface area contributed by atoms with Crippen molar-refractivity contribution in [2.24, 2.45) is 5.73 Å². The van der Waals surface area contributed by atoms with Crippen molar-refractivity contribution in [2.75, 3.05) is 19.8 Å². The highest BCUT2D eigenvalue weighted by Crippen LogP contribution is 2.51. The summed E-state index contributed by atoms with van der Waals surface area (Å²) in [6.45, 7) is 3.97. The van der Waals surface area contributed by atoms with Gasteiger partial charge in [-0.05, 0) is 64.2 Å². The van der Waals surface area contributed by atoms with Crippen LogP contribution in [0.1, 0.15) is 206 Å². The van der Waals surface area contributed by atoms with Gasteiger partial charge in [0.05, 0.1) is 13.2 Å². The zero-order chi connectivity index (χ0) is 36.2. The largest absolute Gasteiger partial charge is 0.472 e. The van der Waals surface area contributed by atoms with Crippen LogP contribution >= 0.6 is 7.82 Å². The lowest BCUT2D eigenvalue weighted by molar-refractivity contribution is -0.103. The van der Waals surface area contributed by atoms with E-state index in [9.17, 15) is 19.7 Å². The second-order valence-corrected chi connectivity index (χ2v) is 15.7. The third-order valence-electron chi connectivity index (χ3n) is 9.67. The molecule has 292 valence electrons. The summed E-state index contributed by atoms with van der Waals surface area (Å²) in [6.07, 6.45) is 42.3. The van der Waals surface area contributed by atoms with Gasteiger partial charge >= 0.3 is 7.82 Å². The maximum atomic E-state index is 12.8. The van der Waals surface area contributed by atoms with Crippen LogP contribution in [0.4, 0.5) is 0 Å². The number of aliphatic hydroxyl groups excluding tert-OH is 2. The molecule has 0 fully saturated rings. The lowest BCUT2D eigenvalue weighted by Gasteiger charge is -2.38. The van der Waals surface area contributed by atoms with Gasteiger partial charge in [-0.25, -0.2) is 4.57 Å². The van der Waals surface area contributed by atoms with Crippen LogP contribution in [0.25, 0.3) is 0 Å². The molecule has 0 spiro atoms. The fraction of sp³-hybridized carbons (Fsp3) is 0.902. The molecule has 7 nitrogen and oxygen atoms in total. The van der Waals surface area contributed by atoms with E-state index < -0.39 is 26.1 Å². The van der Waals surface area contributed by atoms with Gasteiger partial charge in [0.15, 0.2) is 0 Å². The van der Waals surface area contributed by atoms with Gasteiger partial charge in [0.1, 0.15) is 11.7 Å². The van der Waals surface area contributed by atoms with Crippen LogP contribution in [0.15, 0.2) is 24.3 Å². The molecule has 8 heteroatoms. The smallest absolute Gasteiger partial charge is 0.394 e. The van der Waals surface area contributed by atoms with Crippen molar-refractivity contribution in [3.05, 3.63) is 24.3 Å². The molecule has 0 bridgehead atoms. The third kappa shape index (κ3) is 30.8. The molecule has 0 aromatic carbocycles. The van der Waals surface area contributed by atoms with E-state index in [0.717, 1.165) is 64.2 Å². The van der Waals surface area contributed by atoms with E-state index in [1.54, 1.807) is 0 Å². The minimum atomic E-state index is -4.44. The molecular formula is C41H82NO6P. The molecule has 2 atom stereocenters. The van der Waals surface area contributed by atoms with Crippen molar-refractivity contribution in [1.82, 2.24) is 0 Å². The molecule has 0 aliphatic rings. The van der Waals surface area contributed by atoms with E-state index in [1.807, 2.05) is 0 Å². The van der Waals surface area contributed by atoms with Crippen molar-refractivity contribution in [3.63, 3.8) is 0 Å². The Kier molecular flexibility index (Phi) is 35.5. The number of hydrogen-bond acceptors (Lipinski definition) is 6. The number of hydrogen-bond donors (Lipinski definition) is 4. The SMILES string of the molecule is CCCCCCCC/C=C\CCCCCCCCC(CCCCCCCC/C=C\CCCCCCCC)(OP(=O)(O)OCCN)[C@@H](O)CO. The van der Waals surface area contributed by atoms with Gasteiger partial charge in [0.2, 0.25) is 0 Å². The molecule has 1 unspecified atom stereocenters. The molecule has 0 aliphatic carbocycles. The molecule has 0 heterocycles. The maximum Gasteiger partial charge on any atom is 0.472 e. The lowest BCUT2D eigenvalue weighted by atomic mass is 9.85. The van der Waals surface area contributed by atoms with Crippen LogP contribution in [0.2, 0.25) is 0 Å². The van der Waals surface area contributed by atoms with Crippen LogP contribution in [0, 0.1) is 0 Å². The summed E-state index contributed by atoms with van der Waals surface area (Å²) in [5.41, 5.74) is 4.16. The van der Waals surface area contributed by atoms with Gasteiger partial charge < -0.3 is 20.8 Å². The Morgan fingerprint density at radius 1 is 0.592 bits per heavy atom. The van der Waals surface area contributed by atoms with Crippen molar-refractivity contribution >= 4 is 7.82 Å². The molecular weight excluding hydrogens is 633 g/mol. The van der Waals surface area contributed by atoms with Gasteiger partial charge in [-0.1, -0.05) is 167 Å². The second-order valence-electron chi connectivity index (χ2n) is 14.3. The predicted molar refractivity (Wildman–Crippen MR) is 210 cm³/mol. The highest BCUT2D eigenvalue weighted by atomic mass is 31.2. The third-order valence-corrected chi connectivity index (χ3v) is 10.8. The van der Waals surface area contributed by atoms with Crippen molar-refractivity contribution < 1.29 is 28.7 Å². The molecule has 0 saturated heterocycles. The van der Waals surface area contributed by atoms with E-state index >= 15 is 0 Å². The Balaban J connectivity index is 4.48. The van der Waals surface area contributed by atoms with E-state index in [4.69, 9.17) is 14.8 Å². The van der Waals surface area contributed by atoms with Gasteiger partial charge in [-0.3, -0.25) is 9.05 Å². The zero-order valence-electron chi connectivity index (χ0n) is 32.3. The van der Waals surface area contributed by atoms with E-state index in [-0.39, 0.29) is 13.2 Å². The number of allylic oxidation sites excluding steroid dienone is 4. The topological polar surface area (TPSA) is 122 Å². The molecule has 49 heavy (non-hydrogen) atoms. The van der Waals surface area contributed by atoms with Gasteiger partial charge in [0.25, 0.3) is 0 Å². The normalized spacial score (nSPS) is 14.3. The predicted octanol–water partition coefficient (Wildman–Crippen LogP) is 12.0. The average molecular weight is 716 g/mol. The Morgan fingerprint density at radius 2 is 0.918 bits per heavy atom. The molecule has 0 rings (SSSR count). The number of unbranched alkanes of at least 4 members (excludes halogenated alkanes) is 24. The van der Waals surface area contributed by atoms with Crippen LogP contribution < -0.4 is 5.73 Å². The lowest BCUT2D eigenvalue weighted by Crippen LogP contribution is -2.46. The zero-order valence-corrected chi connectivity index (χ0v) is 33.2. The molecule has 0 amide bonds. The minimum Gasteiger partial charge on any atom is -0.394 e. The molecule has 0 saturated carbocycles. The van der Waals surface area contributed by atoms with Crippen LogP contribution in [0.5, 0.6) is 0 Å².